The summed E-state index contributed by atoms with van der Waals surface area (Å²) < 4.78 is 0. The van der Waals surface area contributed by atoms with Crippen molar-refractivity contribution in [2.75, 3.05) is 0 Å². The number of aromatic nitrogens is 2. The number of nitriles is 1. The van der Waals surface area contributed by atoms with Crippen LogP contribution in [0.15, 0.2) is 36.7 Å². The molecule has 0 aliphatic rings. The molecule has 0 saturated carbocycles. The fourth-order valence-electron chi connectivity index (χ4n) is 2.44. The van der Waals surface area contributed by atoms with E-state index in [-0.39, 0.29) is 17.7 Å². The van der Waals surface area contributed by atoms with E-state index < -0.39 is 5.91 Å². The average molecular weight is 292 g/mol. The van der Waals surface area contributed by atoms with E-state index in [1.54, 1.807) is 12.4 Å². The molecule has 1 aromatic heterocycles. The lowest BCUT2D eigenvalue weighted by atomic mass is 9.93. The number of hydrogen-bond donors (Lipinski definition) is 3. The largest absolute Gasteiger partial charge is 0.392 e. The molecule has 6 nitrogen and oxygen atoms in total. The third kappa shape index (κ3) is 2.20. The second-order valence-corrected chi connectivity index (χ2v) is 4.82. The molecule has 1 heterocycles. The van der Waals surface area contributed by atoms with Crippen molar-refractivity contribution in [2.45, 2.75) is 6.61 Å². The number of H-pyrrole nitrogens is 1. The summed E-state index contributed by atoms with van der Waals surface area (Å²) in [6.45, 7) is -0.310. The third-order valence-electron chi connectivity index (χ3n) is 3.55. The van der Waals surface area contributed by atoms with E-state index in [0.717, 1.165) is 16.6 Å². The summed E-state index contributed by atoms with van der Waals surface area (Å²) in [5.41, 5.74) is 9.22. The van der Waals surface area contributed by atoms with Crippen LogP contribution in [0.2, 0.25) is 0 Å². The zero-order chi connectivity index (χ0) is 15.7. The summed E-state index contributed by atoms with van der Waals surface area (Å²) in [6, 6.07) is 10.5. The van der Waals surface area contributed by atoms with E-state index in [1.807, 2.05) is 24.3 Å². The third-order valence-corrected chi connectivity index (χ3v) is 3.55. The van der Waals surface area contributed by atoms with Crippen LogP contribution in [0, 0.1) is 11.3 Å². The molecule has 0 radical (unpaired) electrons. The van der Waals surface area contributed by atoms with Crippen molar-refractivity contribution in [2.24, 2.45) is 5.73 Å². The molecule has 2 aromatic carbocycles. The summed E-state index contributed by atoms with van der Waals surface area (Å²) in [5.74, 6) is -0.622. The Hall–Kier alpha value is -3.17. The van der Waals surface area contributed by atoms with Crippen LogP contribution in [-0.2, 0) is 6.61 Å². The Morgan fingerprint density at radius 1 is 1.36 bits per heavy atom. The number of amides is 1. The summed E-state index contributed by atoms with van der Waals surface area (Å²) in [4.78, 5) is 18.6. The number of nitrogens with zero attached hydrogens (tertiary/aromatic N) is 2. The Balaban J connectivity index is 2.29. The predicted octanol–water partition coefficient (Wildman–Crippen LogP) is 1.69. The van der Waals surface area contributed by atoms with Crippen LogP contribution in [0.1, 0.15) is 21.5 Å². The fourth-order valence-corrected chi connectivity index (χ4v) is 2.44. The van der Waals surface area contributed by atoms with Crippen LogP contribution >= 0.6 is 0 Å². The molecule has 0 aliphatic heterocycles. The van der Waals surface area contributed by atoms with Crippen molar-refractivity contribution in [1.82, 2.24) is 9.97 Å². The minimum Gasteiger partial charge on any atom is -0.392 e. The second-order valence-electron chi connectivity index (χ2n) is 4.82. The van der Waals surface area contributed by atoms with Crippen molar-refractivity contribution < 1.29 is 9.90 Å². The number of hydrogen-bond acceptors (Lipinski definition) is 4. The van der Waals surface area contributed by atoms with Gasteiger partial charge in [-0.3, -0.25) is 4.79 Å². The van der Waals surface area contributed by atoms with Gasteiger partial charge in [0, 0.05) is 11.1 Å². The number of nitrogens with two attached hydrogens (primary N) is 1. The molecule has 0 unspecified atom stereocenters. The van der Waals surface area contributed by atoms with Crippen LogP contribution in [0.25, 0.3) is 22.2 Å². The van der Waals surface area contributed by atoms with E-state index >= 15 is 0 Å². The molecule has 108 valence electrons. The van der Waals surface area contributed by atoms with Crippen molar-refractivity contribution >= 4 is 16.9 Å². The summed E-state index contributed by atoms with van der Waals surface area (Å²) in [7, 11) is 0. The highest BCUT2D eigenvalue weighted by atomic mass is 16.3. The lowest BCUT2D eigenvalue weighted by Gasteiger charge is -2.11. The Kier molecular flexibility index (Phi) is 3.33. The van der Waals surface area contributed by atoms with Crippen LogP contribution in [0.4, 0.5) is 0 Å². The maximum Gasteiger partial charge on any atom is 0.248 e. The van der Waals surface area contributed by atoms with E-state index in [9.17, 15) is 15.2 Å². The SMILES string of the molecule is N#Cc1cc(C(N)=O)cc(-c2ccc3[nH]cnc3c2)c1CO. The molecule has 6 heteroatoms. The van der Waals surface area contributed by atoms with Gasteiger partial charge in [0.15, 0.2) is 0 Å². The normalized spacial score (nSPS) is 10.5. The van der Waals surface area contributed by atoms with Gasteiger partial charge in [0.1, 0.15) is 0 Å². The van der Waals surface area contributed by atoms with Gasteiger partial charge in [-0.05, 0) is 35.4 Å². The zero-order valence-electron chi connectivity index (χ0n) is 11.5. The van der Waals surface area contributed by atoms with E-state index in [0.29, 0.717) is 11.1 Å². The topological polar surface area (TPSA) is 116 Å². The summed E-state index contributed by atoms with van der Waals surface area (Å²) >= 11 is 0. The Bertz CT molecular complexity index is 922. The second kappa shape index (κ2) is 5.31. The molecule has 0 fully saturated rings. The first-order chi connectivity index (χ1) is 10.6. The maximum absolute atomic E-state index is 11.5. The van der Waals surface area contributed by atoms with E-state index in [4.69, 9.17) is 5.73 Å². The smallest absolute Gasteiger partial charge is 0.248 e. The average Bonchev–Trinajstić information content (AvgIpc) is 3.00. The summed E-state index contributed by atoms with van der Waals surface area (Å²) in [5, 5.41) is 18.8. The highest BCUT2D eigenvalue weighted by Crippen LogP contribution is 2.29. The van der Waals surface area contributed by atoms with Crippen LogP contribution in [-0.4, -0.2) is 21.0 Å². The molecule has 0 aliphatic carbocycles. The monoisotopic (exact) mass is 292 g/mol. The van der Waals surface area contributed by atoms with Gasteiger partial charge in [-0.25, -0.2) is 4.98 Å². The van der Waals surface area contributed by atoms with Gasteiger partial charge in [0.2, 0.25) is 5.91 Å². The van der Waals surface area contributed by atoms with Crippen LogP contribution in [0.3, 0.4) is 0 Å². The number of fused-ring (bicyclic) bond motifs is 1. The quantitative estimate of drug-likeness (QED) is 0.681. The Morgan fingerprint density at radius 2 is 2.18 bits per heavy atom. The first-order valence-corrected chi connectivity index (χ1v) is 6.55. The minimum atomic E-state index is -0.622. The van der Waals surface area contributed by atoms with Gasteiger partial charge in [-0.2, -0.15) is 5.26 Å². The molecular formula is C16H12N4O2. The fraction of sp³-hybridized carbons (Fsp3) is 0.0625. The number of aromatic amines is 1. The number of carbonyl (C=O) groups is 1. The van der Waals surface area contributed by atoms with Crippen molar-refractivity contribution in [3.63, 3.8) is 0 Å². The Labute approximate surface area is 125 Å². The number of benzene rings is 2. The van der Waals surface area contributed by atoms with Crippen molar-refractivity contribution in [1.29, 1.82) is 5.26 Å². The molecule has 0 bridgehead atoms. The molecular weight excluding hydrogens is 280 g/mol. The van der Waals surface area contributed by atoms with Crippen LogP contribution in [0.5, 0.6) is 0 Å². The first kappa shape index (κ1) is 13.8. The van der Waals surface area contributed by atoms with Crippen LogP contribution < -0.4 is 5.73 Å². The molecule has 0 atom stereocenters. The number of aliphatic hydroxyl groups excluding tert-OH is 1. The lowest BCUT2D eigenvalue weighted by molar-refractivity contribution is 0.1000. The Morgan fingerprint density at radius 3 is 2.86 bits per heavy atom. The van der Waals surface area contributed by atoms with E-state index in [1.165, 1.54) is 6.07 Å². The first-order valence-electron chi connectivity index (χ1n) is 6.55. The number of carbonyl (C=O) groups excluding carboxylic acids is 1. The van der Waals surface area contributed by atoms with Gasteiger partial charge in [0.25, 0.3) is 0 Å². The summed E-state index contributed by atoms with van der Waals surface area (Å²) in [6.07, 6.45) is 1.59. The minimum absolute atomic E-state index is 0.228. The van der Waals surface area contributed by atoms with Gasteiger partial charge >= 0.3 is 0 Å². The van der Waals surface area contributed by atoms with E-state index in [2.05, 4.69) is 9.97 Å². The molecule has 0 saturated heterocycles. The maximum atomic E-state index is 11.5. The van der Waals surface area contributed by atoms with Gasteiger partial charge in [-0.15, -0.1) is 0 Å². The number of imidazole rings is 1. The molecule has 3 aromatic rings. The highest BCUT2D eigenvalue weighted by Gasteiger charge is 2.15. The standard InChI is InChI=1S/C16H12N4O2/c17-6-11-3-10(16(18)22)4-12(13(11)7-21)9-1-2-14-15(5-9)20-8-19-14/h1-5,8,21H,7H2,(H2,18,22)(H,19,20). The molecule has 3 rings (SSSR count). The number of primary amides is 1. The zero-order valence-corrected chi connectivity index (χ0v) is 11.5. The number of nitrogens with one attached hydrogen (secondary N) is 1. The molecule has 0 spiro atoms. The van der Waals surface area contributed by atoms with Gasteiger partial charge in [0.05, 0.1) is 35.6 Å². The predicted molar refractivity (Wildman–Crippen MR) is 80.7 cm³/mol. The highest BCUT2D eigenvalue weighted by molar-refractivity contribution is 5.95. The molecule has 22 heavy (non-hydrogen) atoms. The number of aliphatic hydroxyl groups is 1. The number of rotatable bonds is 3. The van der Waals surface area contributed by atoms with Gasteiger partial charge in [-0.1, -0.05) is 6.07 Å². The molecule has 4 N–H and O–H groups in total. The lowest BCUT2D eigenvalue weighted by Crippen LogP contribution is -2.12. The molecule has 1 amide bonds. The van der Waals surface area contributed by atoms with Crippen molar-refractivity contribution in [3.8, 4) is 17.2 Å². The van der Waals surface area contributed by atoms with Gasteiger partial charge < -0.3 is 15.8 Å². The van der Waals surface area contributed by atoms with Crippen molar-refractivity contribution in [3.05, 3.63) is 53.3 Å².